The van der Waals surface area contributed by atoms with Gasteiger partial charge in [0.1, 0.15) is 0 Å². The van der Waals surface area contributed by atoms with Gasteiger partial charge in [-0.2, -0.15) is 0 Å². The molecule has 1 aliphatic rings. The third kappa shape index (κ3) is 6.00. The molecule has 100 valence electrons. The van der Waals surface area contributed by atoms with E-state index in [0.29, 0.717) is 6.54 Å². The minimum atomic E-state index is 0.0213. The molecule has 0 radical (unpaired) electrons. The molecule has 0 saturated carbocycles. The van der Waals surface area contributed by atoms with Gasteiger partial charge in [-0.25, -0.2) is 0 Å². The fourth-order valence-electron chi connectivity index (χ4n) is 1.93. The van der Waals surface area contributed by atoms with Crippen LogP contribution in [0.4, 0.5) is 0 Å². The van der Waals surface area contributed by atoms with Gasteiger partial charge >= 0.3 is 0 Å². The maximum Gasteiger partial charge on any atom is 0.237 e. The highest BCUT2D eigenvalue weighted by Gasteiger charge is 2.19. The molecule has 1 rings (SSSR count). The van der Waals surface area contributed by atoms with Gasteiger partial charge in [0.25, 0.3) is 0 Å². The first kappa shape index (κ1) is 14.4. The third-order valence-electron chi connectivity index (χ3n) is 3.10. The SMILES string of the molecule is COCCN(C)CCNC(=O)C1CCCCN1. The summed E-state index contributed by atoms with van der Waals surface area (Å²) in [4.78, 5) is 13.9. The van der Waals surface area contributed by atoms with Crippen molar-refractivity contribution in [1.82, 2.24) is 15.5 Å². The molecule has 5 nitrogen and oxygen atoms in total. The third-order valence-corrected chi connectivity index (χ3v) is 3.10. The van der Waals surface area contributed by atoms with E-state index in [2.05, 4.69) is 15.5 Å². The van der Waals surface area contributed by atoms with Crippen LogP contribution in [0.2, 0.25) is 0 Å². The molecule has 1 heterocycles. The van der Waals surface area contributed by atoms with Gasteiger partial charge in [-0.15, -0.1) is 0 Å². The average molecular weight is 243 g/mol. The lowest BCUT2D eigenvalue weighted by molar-refractivity contribution is -0.123. The van der Waals surface area contributed by atoms with Crippen LogP contribution in [-0.4, -0.2) is 63.8 Å². The summed E-state index contributed by atoms with van der Waals surface area (Å²) >= 11 is 0. The number of nitrogens with one attached hydrogen (secondary N) is 2. The highest BCUT2D eigenvalue weighted by molar-refractivity contribution is 5.81. The van der Waals surface area contributed by atoms with Crippen LogP contribution in [0.1, 0.15) is 19.3 Å². The van der Waals surface area contributed by atoms with E-state index in [9.17, 15) is 4.79 Å². The zero-order valence-corrected chi connectivity index (χ0v) is 11.0. The van der Waals surface area contributed by atoms with Gasteiger partial charge < -0.3 is 20.3 Å². The molecule has 1 atom stereocenters. The van der Waals surface area contributed by atoms with Gasteiger partial charge in [0, 0.05) is 26.7 Å². The topological polar surface area (TPSA) is 53.6 Å². The summed E-state index contributed by atoms with van der Waals surface area (Å²) in [6, 6.07) is 0.0213. The molecule has 0 aliphatic carbocycles. The second kappa shape index (κ2) is 8.44. The van der Waals surface area contributed by atoms with Crippen LogP contribution >= 0.6 is 0 Å². The zero-order valence-electron chi connectivity index (χ0n) is 11.0. The molecule has 0 aromatic rings. The van der Waals surface area contributed by atoms with E-state index in [0.717, 1.165) is 39.1 Å². The van der Waals surface area contributed by atoms with Gasteiger partial charge in [0.05, 0.1) is 12.6 Å². The number of piperidine rings is 1. The zero-order chi connectivity index (χ0) is 12.5. The van der Waals surface area contributed by atoms with Gasteiger partial charge in [0.15, 0.2) is 0 Å². The molecule has 5 heteroatoms. The Morgan fingerprint density at radius 2 is 2.29 bits per heavy atom. The van der Waals surface area contributed by atoms with Gasteiger partial charge in [-0.05, 0) is 26.4 Å². The molecule has 0 aromatic carbocycles. The van der Waals surface area contributed by atoms with E-state index < -0.39 is 0 Å². The molecular formula is C12H25N3O2. The molecule has 1 unspecified atom stereocenters. The van der Waals surface area contributed by atoms with E-state index in [4.69, 9.17) is 4.74 Å². The molecule has 1 saturated heterocycles. The van der Waals surface area contributed by atoms with Crippen molar-refractivity contribution in [2.75, 3.05) is 46.9 Å². The van der Waals surface area contributed by atoms with Crippen LogP contribution in [0, 0.1) is 0 Å². The lowest BCUT2D eigenvalue weighted by Gasteiger charge is -2.23. The summed E-state index contributed by atoms with van der Waals surface area (Å²) in [7, 11) is 3.73. The number of ether oxygens (including phenoxy) is 1. The maximum absolute atomic E-state index is 11.8. The summed E-state index contributed by atoms with van der Waals surface area (Å²) in [5.41, 5.74) is 0. The first-order valence-electron chi connectivity index (χ1n) is 6.42. The molecule has 0 bridgehead atoms. The fraction of sp³-hybridized carbons (Fsp3) is 0.917. The van der Waals surface area contributed by atoms with Crippen molar-refractivity contribution >= 4 is 5.91 Å². The molecule has 0 spiro atoms. The monoisotopic (exact) mass is 243 g/mol. The Morgan fingerprint density at radius 3 is 2.94 bits per heavy atom. The Kier molecular flexibility index (Phi) is 7.16. The molecule has 17 heavy (non-hydrogen) atoms. The average Bonchev–Trinajstić information content (AvgIpc) is 2.37. The standard InChI is InChI=1S/C12H25N3O2/c1-15(9-10-17-2)8-7-14-12(16)11-5-3-4-6-13-11/h11,13H,3-10H2,1-2H3,(H,14,16). The maximum atomic E-state index is 11.8. The Balaban J connectivity index is 2.06. The van der Waals surface area contributed by atoms with E-state index in [1.807, 2.05) is 7.05 Å². The van der Waals surface area contributed by atoms with E-state index in [1.54, 1.807) is 7.11 Å². The number of nitrogens with zero attached hydrogens (tertiary/aromatic N) is 1. The van der Waals surface area contributed by atoms with Crippen LogP contribution in [-0.2, 0) is 9.53 Å². The number of hydrogen-bond donors (Lipinski definition) is 2. The smallest absolute Gasteiger partial charge is 0.237 e. The first-order chi connectivity index (χ1) is 8.24. The van der Waals surface area contributed by atoms with Crippen molar-refractivity contribution in [3.05, 3.63) is 0 Å². The number of likely N-dealkylation sites (N-methyl/N-ethyl adjacent to an activating group) is 1. The summed E-state index contributed by atoms with van der Waals surface area (Å²) in [5.74, 6) is 0.143. The second-order valence-electron chi connectivity index (χ2n) is 4.59. The first-order valence-corrected chi connectivity index (χ1v) is 6.42. The van der Waals surface area contributed by atoms with Crippen LogP contribution in [0.3, 0.4) is 0 Å². The number of carbonyl (C=O) groups is 1. The van der Waals surface area contributed by atoms with Crippen molar-refractivity contribution in [3.8, 4) is 0 Å². The Bertz CT molecular complexity index is 218. The minimum Gasteiger partial charge on any atom is -0.383 e. The summed E-state index contributed by atoms with van der Waals surface area (Å²) in [6.07, 6.45) is 3.30. The van der Waals surface area contributed by atoms with Crippen molar-refractivity contribution in [2.45, 2.75) is 25.3 Å². The molecule has 1 aliphatic heterocycles. The molecule has 1 fully saturated rings. The molecular weight excluding hydrogens is 218 g/mol. The van der Waals surface area contributed by atoms with Crippen LogP contribution in [0.5, 0.6) is 0 Å². The number of hydrogen-bond acceptors (Lipinski definition) is 4. The van der Waals surface area contributed by atoms with Gasteiger partial charge in [-0.3, -0.25) is 4.79 Å². The number of rotatable bonds is 7. The highest BCUT2D eigenvalue weighted by atomic mass is 16.5. The molecule has 0 aromatic heterocycles. The van der Waals surface area contributed by atoms with Crippen molar-refractivity contribution < 1.29 is 9.53 Å². The number of amides is 1. The normalized spacial score (nSPS) is 20.5. The Morgan fingerprint density at radius 1 is 1.47 bits per heavy atom. The van der Waals surface area contributed by atoms with Crippen molar-refractivity contribution in [1.29, 1.82) is 0 Å². The summed E-state index contributed by atoms with van der Waals surface area (Å²) < 4.78 is 5.00. The van der Waals surface area contributed by atoms with Gasteiger partial charge in [-0.1, -0.05) is 6.42 Å². The van der Waals surface area contributed by atoms with Crippen molar-refractivity contribution in [3.63, 3.8) is 0 Å². The van der Waals surface area contributed by atoms with Gasteiger partial charge in [0.2, 0.25) is 5.91 Å². The Hall–Kier alpha value is -0.650. The van der Waals surface area contributed by atoms with E-state index >= 15 is 0 Å². The van der Waals surface area contributed by atoms with Crippen LogP contribution < -0.4 is 10.6 Å². The van der Waals surface area contributed by atoms with Crippen molar-refractivity contribution in [2.24, 2.45) is 0 Å². The van der Waals surface area contributed by atoms with E-state index in [1.165, 1.54) is 6.42 Å². The van der Waals surface area contributed by atoms with Crippen LogP contribution in [0.25, 0.3) is 0 Å². The fourth-order valence-corrected chi connectivity index (χ4v) is 1.93. The minimum absolute atomic E-state index is 0.0213. The largest absolute Gasteiger partial charge is 0.383 e. The van der Waals surface area contributed by atoms with Crippen LogP contribution in [0.15, 0.2) is 0 Å². The predicted molar refractivity (Wildman–Crippen MR) is 68.0 cm³/mol. The second-order valence-corrected chi connectivity index (χ2v) is 4.59. The molecule has 2 N–H and O–H groups in total. The Labute approximate surface area is 104 Å². The summed E-state index contributed by atoms with van der Waals surface area (Å²) in [5, 5.41) is 6.22. The number of methoxy groups -OCH3 is 1. The quantitative estimate of drug-likeness (QED) is 0.651. The highest BCUT2D eigenvalue weighted by Crippen LogP contribution is 2.06. The van der Waals surface area contributed by atoms with E-state index in [-0.39, 0.29) is 11.9 Å². The summed E-state index contributed by atoms with van der Waals surface area (Å²) in [6.45, 7) is 4.16. The predicted octanol–water partition coefficient (Wildman–Crippen LogP) is -0.177. The lowest BCUT2D eigenvalue weighted by Crippen LogP contribution is -2.48. The lowest BCUT2D eigenvalue weighted by atomic mass is 10.0. The number of carbonyl (C=O) groups excluding carboxylic acids is 1. The molecule has 1 amide bonds.